The molecule has 1 aromatic rings. The fourth-order valence-electron chi connectivity index (χ4n) is 2.89. The van der Waals surface area contributed by atoms with Gasteiger partial charge in [-0.05, 0) is 36.5 Å². The summed E-state index contributed by atoms with van der Waals surface area (Å²) in [6.07, 6.45) is 5.69. The summed E-state index contributed by atoms with van der Waals surface area (Å²) in [5.41, 5.74) is 1.33. The Hall–Kier alpha value is -1.76. The summed E-state index contributed by atoms with van der Waals surface area (Å²) in [4.78, 5) is 12.0. The summed E-state index contributed by atoms with van der Waals surface area (Å²) in [5, 5.41) is 5.86. The van der Waals surface area contributed by atoms with Crippen molar-refractivity contribution in [3.05, 3.63) is 29.8 Å². The Morgan fingerprint density at radius 3 is 2.70 bits per heavy atom. The molecule has 0 radical (unpaired) electrons. The van der Waals surface area contributed by atoms with Crippen LogP contribution in [0.1, 0.15) is 38.2 Å². The van der Waals surface area contributed by atoms with Crippen molar-refractivity contribution in [3.63, 3.8) is 0 Å². The lowest BCUT2D eigenvalue weighted by Gasteiger charge is -2.29. The van der Waals surface area contributed by atoms with Gasteiger partial charge in [0, 0.05) is 18.3 Å². The van der Waals surface area contributed by atoms with Crippen molar-refractivity contribution in [1.29, 1.82) is 0 Å². The molecule has 1 aliphatic carbocycles. The molecule has 1 aromatic carbocycles. The van der Waals surface area contributed by atoms with Crippen LogP contribution in [0.4, 0.5) is 10.5 Å². The monoisotopic (exact) mass is 339 g/mol. The smallest absolute Gasteiger partial charge is 0.315 e. The quantitative estimate of drug-likeness (QED) is 0.770. The standard InChI is InChI=1S/C16H25N3O3S/c1-12-6-3-4-9-15(12)18-16(20)17-11-13-7-5-8-14(10-13)19-23(2,21)22/h5,7-8,10,12,15,19H,3-4,6,9,11H2,1-2H3,(H2,17,18,20)/t12-,15+/m1/s1. The zero-order valence-corrected chi connectivity index (χ0v) is 14.4. The highest BCUT2D eigenvalue weighted by Crippen LogP contribution is 2.23. The zero-order chi connectivity index (χ0) is 16.9. The molecule has 3 N–H and O–H groups in total. The molecule has 0 aromatic heterocycles. The Kier molecular flexibility index (Phi) is 5.87. The molecule has 7 heteroatoms. The van der Waals surface area contributed by atoms with Crippen molar-refractivity contribution < 1.29 is 13.2 Å². The summed E-state index contributed by atoms with van der Waals surface area (Å²) in [7, 11) is -3.30. The fourth-order valence-corrected chi connectivity index (χ4v) is 3.45. The highest BCUT2D eigenvalue weighted by Gasteiger charge is 2.22. The predicted octanol–water partition coefficient (Wildman–Crippen LogP) is 2.44. The number of rotatable bonds is 5. The van der Waals surface area contributed by atoms with Crippen molar-refractivity contribution in [2.75, 3.05) is 11.0 Å². The molecule has 2 amide bonds. The average molecular weight is 339 g/mol. The summed E-state index contributed by atoms with van der Waals surface area (Å²) < 4.78 is 24.9. The van der Waals surface area contributed by atoms with E-state index in [4.69, 9.17) is 0 Å². The maximum Gasteiger partial charge on any atom is 0.315 e. The maximum atomic E-state index is 12.0. The second-order valence-corrected chi connectivity index (χ2v) is 8.02. The molecule has 0 saturated heterocycles. The Labute approximate surface area is 138 Å². The minimum atomic E-state index is -3.30. The van der Waals surface area contributed by atoms with Gasteiger partial charge in [0.15, 0.2) is 0 Å². The number of amides is 2. The molecule has 1 fully saturated rings. The van der Waals surface area contributed by atoms with Gasteiger partial charge in [-0.1, -0.05) is 31.9 Å². The highest BCUT2D eigenvalue weighted by molar-refractivity contribution is 7.92. The predicted molar refractivity (Wildman–Crippen MR) is 91.7 cm³/mol. The third-order valence-corrected chi connectivity index (χ3v) is 4.72. The van der Waals surface area contributed by atoms with Gasteiger partial charge in [-0.25, -0.2) is 13.2 Å². The Bertz CT molecular complexity index is 646. The first-order valence-electron chi connectivity index (χ1n) is 7.94. The number of hydrogen-bond acceptors (Lipinski definition) is 3. The molecule has 2 rings (SSSR count). The normalized spacial score (nSPS) is 21.5. The molecule has 1 aliphatic rings. The van der Waals surface area contributed by atoms with E-state index < -0.39 is 10.0 Å². The van der Waals surface area contributed by atoms with Crippen LogP contribution in [0.3, 0.4) is 0 Å². The van der Waals surface area contributed by atoms with E-state index in [1.807, 2.05) is 6.07 Å². The van der Waals surface area contributed by atoms with Crippen molar-refractivity contribution >= 4 is 21.7 Å². The van der Waals surface area contributed by atoms with Gasteiger partial charge >= 0.3 is 6.03 Å². The highest BCUT2D eigenvalue weighted by atomic mass is 32.2. The molecule has 0 aliphatic heterocycles. The number of urea groups is 1. The van der Waals surface area contributed by atoms with Gasteiger partial charge < -0.3 is 10.6 Å². The maximum absolute atomic E-state index is 12.0. The van der Waals surface area contributed by atoms with Gasteiger partial charge in [-0.2, -0.15) is 0 Å². The van der Waals surface area contributed by atoms with Crippen molar-refractivity contribution in [2.45, 2.75) is 45.2 Å². The van der Waals surface area contributed by atoms with Crippen molar-refractivity contribution in [3.8, 4) is 0 Å². The largest absolute Gasteiger partial charge is 0.335 e. The SMILES string of the molecule is C[C@@H]1CCCC[C@@H]1NC(=O)NCc1cccc(NS(C)(=O)=O)c1. The molecule has 128 valence electrons. The minimum Gasteiger partial charge on any atom is -0.335 e. The average Bonchev–Trinajstić information content (AvgIpc) is 2.46. The van der Waals surface area contributed by atoms with Gasteiger partial charge in [-0.15, -0.1) is 0 Å². The number of hydrogen-bond donors (Lipinski definition) is 3. The second kappa shape index (κ2) is 7.68. The van der Waals surface area contributed by atoms with E-state index >= 15 is 0 Å². The molecule has 23 heavy (non-hydrogen) atoms. The van der Waals surface area contributed by atoms with Crippen LogP contribution in [-0.2, 0) is 16.6 Å². The molecule has 0 bridgehead atoms. The van der Waals surface area contributed by atoms with Gasteiger partial charge in [0.2, 0.25) is 10.0 Å². The fraction of sp³-hybridized carbons (Fsp3) is 0.562. The van der Waals surface area contributed by atoms with Crippen LogP contribution in [0.5, 0.6) is 0 Å². The van der Waals surface area contributed by atoms with E-state index in [1.54, 1.807) is 18.2 Å². The molecule has 0 spiro atoms. The lowest BCUT2D eigenvalue weighted by atomic mass is 9.86. The molecule has 1 saturated carbocycles. The number of sulfonamides is 1. The van der Waals surface area contributed by atoms with Crippen molar-refractivity contribution in [2.24, 2.45) is 5.92 Å². The van der Waals surface area contributed by atoms with E-state index in [0.717, 1.165) is 31.1 Å². The first-order valence-corrected chi connectivity index (χ1v) is 9.84. The van der Waals surface area contributed by atoms with Crippen LogP contribution in [-0.4, -0.2) is 26.7 Å². The first-order chi connectivity index (χ1) is 10.8. The van der Waals surface area contributed by atoms with Crippen LogP contribution in [0.2, 0.25) is 0 Å². The third-order valence-electron chi connectivity index (χ3n) is 4.11. The molecule has 0 heterocycles. The van der Waals surface area contributed by atoms with Crippen LogP contribution >= 0.6 is 0 Å². The van der Waals surface area contributed by atoms with E-state index in [0.29, 0.717) is 18.2 Å². The van der Waals surface area contributed by atoms with Gasteiger partial charge in [0.05, 0.1) is 6.26 Å². The second-order valence-electron chi connectivity index (χ2n) is 6.27. The minimum absolute atomic E-state index is 0.176. The lowest BCUT2D eigenvalue weighted by Crippen LogP contribution is -2.45. The number of carbonyl (C=O) groups is 1. The topological polar surface area (TPSA) is 87.3 Å². The molecular weight excluding hydrogens is 314 g/mol. The summed E-state index contributed by atoms with van der Waals surface area (Å²) in [6, 6.07) is 7.05. The van der Waals surface area contributed by atoms with Crippen molar-refractivity contribution in [1.82, 2.24) is 10.6 Å². The Balaban J connectivity index is 1.85. The third kappa shape index (κ3) is 6.09. The molecular formula is C16H25N3O3S. The van der Waals surface area contributed by atoms with Crippen LogP contribution < -0.4 is 15.4 Å². The van der Waals surface area contributed by atoms with E-state index in [9.17, 15) is 13.2 Å². The Morgan fingerprint density at radius 1 is 1.26 bits per heavy atom. The molecule has 6 nitrogen and oxygen atoms in total. The molecule has 0 unspecified atom stereocenters. The number of anilines is 1. The van der Waals surface area contributed by atoms with Crippen LogP contribution in [0, 0.1) is 5.92 Å². The summed E-state index contributed by atoms with van der Waals surface area (Å²) in [6.45, 7) is 2.52. The van der Waals surface area contributed by atoms with E-state index in [-0.39, 0.29) is 12.1 Å². The Morgan fingerprint density at radius 2 is 2.00 bits per heavy atom. The van der Waals surface area contributed by atoms with E-state index in [2.05, 4.69) is 22.3 Å². The number of benzene rings is 1. The van der Waals surface area contributed by atoms with Gasteiger partial charge in [0.25, 0.3) is 0 Å². The van der Waals surface area contributed by atoms with Crippen LogP contribution in [0.15, 0.2) is 24.3 Å². The summed E-state index contributed by atoms with van der Waals surface area (Å²) in [5.74, 6) is 0.511. The van der Waals surface area contributed by atoms with Gasteiger partial charge in [0.1, 0.15) is 0 Å². The van der Waals surface area contributed by atoms with E-state index in [1.165, 1.54) is 6.42 Å². The van der Waals surface area contributed by atoms with Crippen LogP contribution in [0.25, 0.3) is 0 Å². The zero-order valence-electron chi connectivity index (χ0n) is 13.6. The summed E-state index contributed by atoms with van der Waals surface area (Å²) >= 11 is 0. The molecule has 2 atom stereocenters. The number of nitrogens with one attached hydrogen (secondary N) is 3. The van der Waals surface area contributed by atoms with Gasteiger partial charge in [-0.3, -0.25) is 4.72 Å². The lowest BCUT2D eigenvalue weighted by molar-refractivity contribution is 0.221. The first kappa shape index (κ1) is 17.6. The number of carbonyl (C=O) groups excluding carboxylic acids is 1.